The van der Waals surface area contributed by atoms with E-state index < -0.39 is 0 Å². The van der Waals surface area contributed by atoms with Crippen molar-refractivity contribution in [3.8, 4) is 11.5 Å². The van der Waals surface area contributed by atoms with Crippen molar-refractivity contribution < 1.29 is 9.84 Å². The molecule has 1 atom stereocenters. The molecule has 1 aliphatic carbocycles. The van der Waals surface area contributed by atoms with E-state index in [2.05, 4.69) is 15.9 Å². The highest BCUT2D eigenvalue weighted by Gasteiger charge is 2.24. The molecule has 1 aliphatic rings. The fraction of sp³-hybridized carbons (Fsp3) is 0.571. The third-order valence-corrected chi connectivity index (χ3v) is 4.25. The van der Waals surface area contributed by atoms with Crippen LogP contribution in [0.3, 0.4) is 0 Å². The maximum absolute atomic E-state index is 9.89. The second kappa shape index (κ2) is 5.93. The molecule has 0 spiro atoms. The van der Waals surface area contributed by atoms with Gasteiger partial charge in [-0.2, -0.15) is 0 Å². The van der Waals surface area contributed by atoms with Gasteiger partial charge < -0.3 is 15.6 Å². The highest BCUT2D eigenvalue weighted by Crippen LogP contribution is 2.40. The molecule has 0 aromatic heterocycles. The Morgan fingerprint density at radius 3 is 2.72 bits per heavy atom. The molecule has 0 aliphatic heterocycles. The second-order valence-electron chi connectivity index (χ2n) is 4.85. The molecule has 1 saturated carbocycles. The lowest BCUT2D eigenvalue weighted by Crippen LogP contribution is -2.19. The Balaban J connectivity index is 2.26. The summed E-state index contributed by atoms with van der Waals surface area (Å²) in [7, 11) is 0. The van der Waals surface area contributed by atoms with Gasteiger partial charge in [-0.15, -0.1) is 0 Å². The summed E-state index contributed by atoms with van der Waals surface area (Å²) in [4.78, 5) is 0. The molecule has 0 heterocycles. The van der Waals surface area contributed by atoms with Crippen LogP contribution in [0.25, 0.3) is 0 Å². The summed E-state index contributed by atoms with van der Waals surface area (Å²) < 4.78 is 6.09. The molecule has 1 aromatic carbocycles. The number of aromatic hydroxyl groups is 1. The van der Waals surface area contributed by atoms with Gasteiger partial charge in [0.15, 0.2) is 11.5 Å². The van der Waals surface area contributed by atoms with Crippen LogP contribution in [-0.2, 0) is 0 Å². The van der Waals surface area contributed by atoms with Gasteiger partial charge in [0.05, 0.1) is 11.1 Å². The molecule has 1 fully saturated rings. The quantitative estimate of drug-likeness (QED) is 0.890. The fourth-order valence-corrected chi connectivity index (χ4v) is 3.10. The smallest absolute Gasteiger partial charge is 0.172 e. The van der Waals surface area contributed by atoms with Gasteiger partial charge in [-0.3, -0.25) is 0 Å². The van der Waals surface area contributed by atoms with Crippen LogP contribution in [0.2, 0.25) is 0 Å². The Labute approximate surface area is 116 Å². The summed E-state index contributed by atoms with van der Waals surface area (Å²) in [5.74, 6) is 1.21. The number of hydrogen-bond donors (Lipinski definition) is 2. The summed E-state index contributed by atoms with van der Waals surface area (Å²) in [5.41, 5.74) is 7.36. The Morgan fingerprint density at radius 1 is 1.44 bits per heavy atom. The van der Waals surface area contributed by atoms with Crippen molar-refractivity contribution in [3.05, 3.63) is 22.2 Å². The molecule has 3 nitrogen and oxygen atoms in total. The number of rotatable bonds is 4. The first kappa shape index (κ1) is 13.7. The molecule has 2 rings (SSSR count). The second-order valence-corrected chi connectivity index (χ2v) is 5.71. The number of nitrogens with two attached hydrogens (primary N) is 1. The number of halogens is 1. The first-order valence-electron chi connectivity index (χ1n) is 6.54. The third kappa shape index (κ3) is 2.81. The average molecular weight is 314 g/mol. The monoisotopic (exact) mass is 313 g/mol. The minimum absolute atomic E-state index is 0.0311. The predicted molar refractivity (Wildman–Crippen MR) is 75.9 cm³/mol. The van der Waals surface area contributed by atoms with Gasteiger partial charge in [-0.25, -0.2) is 0 Å². The topological polar surface area (TPSA) is 55.5 Å². The molecular weight excluding hydrogens is 294 g/mol. The van der Waals surface area contributed by atoms with E-state index in [0.717, 1.165) is 5.56 Å². The van der Waals surface area contributed by atoms with Crippen LogP contribution < -0.4 is 10.5 Å². The van der Waals surface area contributed by atoms with Crippen molar-refractivity contribution in [2.45, 2.75) is 38.6 Å². The van der Waals surface area contributed by atoms with Crippen LogP contribution in [0.4, 0.5) is 0 Å². The number of phenols is 1. The Morgan fingerprint density at radius 2 is 2.11 bits per heavy atom. The molecule has 18 heavy (non-hydrogen) atoms. The molecule has 1 aromatic rings. The number of benzene rings is 1. The van der Waals surface area contributed by atoms with Gasteiger partial charge in [-0.05, 0) is 59.3 Å². The summed E-state index contributed by atoms with van der Waals surface area (Å²) >= 11 is 3.36. The van der Waals surface area contributed by atoms with Crippen LogP contribution in [0.15, 0.2) is 16.6 Å². The van der Waals surface area contributed by atoms with Gasteiger partial charge in [0.1, 0.15) is 0 Å². The van der Waals surface area contributed by atoms with Crippen LogP contribution in [-0.4, -0.2) is 11.7 Å². The van der Waals surface area contributed by atoms with E-state index >= 15 is 0 Å². The third-order valence-electron chi connectivity index (χ3n) is 3.64. The van der Waals surface area contributed by atoms with E-state index in [-0.39, 0.29) is 11.8 Å². The van der Waals surface area contributed by atoms with Crippen molar-refractivity contribution in [1.82, 2.24) is 0 Å². The number of ether oxygens (including phenoxy) is 1. The van der Waals surface area contributed by atoms with Crippen molar-refractivity contribution in [2.75, 3.05) is 6.61 Å². The van der Waals surface area contributed by atoms with Gasteiger partial charge >= 0.3 is 0 Å². The fourth-order valence-electron chi connectivity index (χ4n) is 2.64. The van der Waals surface area contributed by atoms with E-state index in [0.29, 0.717) is 22.7 Å². The average Bonchev–Trinajstić information content (AvgIpc) is 2.87. The van der Waals surface area contributed by atoms with E-state index in [4.69, 9.17) is 10.5 Å². The lowest BCUT2D eigenvalue weighted by Gasteiger charge is -2.21. The Kier molecular flexibility index (Phi) is 4.51. The molecule has 0 saturated heterocycles. The SMILES string of the molecule is CCOc1cc([C@H](N)C2CCCC2)cc(Br)c1O. The highest BCUT2D eigenvalue weighted by atomic mass is 79.9. The van der Waals surface area contributed by atoms with E-state index in [1.807, 2.05) is 19.1 Å². The summed E-state index contributed by atoms with van der Waals surface area (Å²) in [6.45, 7) is 2.43. The van der Waals surface area contributed by atoms with E-state index in [1.165, 1.54) is 25.7 Å². The standard InChI is InChI=1S/C14H20BrNO2/c1-2-18-12-8-10(7-11(15)14(12)17)13(16)9-5-3-4-6-9/h7-9,13,17H,2-6,16H2,1H3/t13-/m1/s1. The highest BCUT2D eigenvalue weighted by molar-refractivity contribution is 9.10. The molecule has 4 heteroatoms. The van der Waals surface area contributed by atoms with Crippen LogP contribution in [0.1, 0.15) is 44.2 Å². The first-order chi connectivity index (χ1) is 8.63. The number of hydrogen-bond acceptors (Lipinski definition) is 3. The summed E-state index contributed by atoms with van der Waals surface area (Å²) in [6.07, 6.45) is 4.94. The minimum Gasteiger partial charge on any atom is -0.503 e. The zero-order chi connectivity index (χ0) is 13.1. The zero-order valence-electron chi connectivity index (χ0n) is 10.7. The molecule has 3 N–H and O–H groups in total. The van der Waals surface area contributed by atoms with Gasteiger partial charge in [-0.1, -0.05) is 12.8 Å². The van der Waals surface area contributed by atoms with Crippen molar-refractivity contribution in [1.29, 1.82) is 0 Å². The molecule has 0 bridgehead atoms. The molecule has 0 radical (unpaired) electrons. The Hall–Kier alpha value is -0.740. The zero-order valence-corrected chi connectivity index (χ0v) is 12.2. The molecule has 100 valence electrons. The van der Waals surface area contributed by atoms with Crippen molar-refractivity contribution in [3.63, 3.8) is 0 Å². The van der Waals surface area contributed by atoms with Gasteiger partial charge in [0, 0.05) is 6.04 Å². The summed E-state index contributed by atoms with van der Waals surface area (Å²) in [5, 5.41) is 9.89. The maximum atomic E-state index is 9.89. The summed E-state index contributed by atoms with van der Waals surface area (Å²) in [6, 6.07) is 3.80. The molecular formula is C14H20BrNO2. The van der Waals surface area contributed by atoms with Crippen molar-refractivity contribution >= 4 is 15.9 Å². The predicted octanol–water partition coefficient (Wildman–Crippen LogP) is 3.74. The van der Waals surface area contributed by atoms with Crippen LogP contribution in [0.5, 0.6) is 11.5 Å². The van der Waals surface area contributed by atoms with E-state index in [1.54, 1.807) is 0 Å². The lowest BCUT2D eigenvalue weighted by molar-refractivity contribution is 0.316. The number of phenolic OH excluding ortho intramolecular Hbond substituents is 1. The van der Waals surface area contributed by atoms with E-state index in [9.17, 15) is 5.11 Å². The minimum atomic E-state index is 0.0311. The normalized spacial score (nSPS) is 17.9. The van der Waals surface area contributed by atoms with Crippen molar-refractivity contribution in [2.24, 2.45) is 11.7 Å². The largest absolute Gasteiger partial charge is 0.503 e. The van der Waals surface area contributed by atoms with Gasteiger partial charge in [0.25, 0.3) is 0 Å². The maximum Gasteiger partial charge on any atom is 0.172 e. The Bertz CT molecular complexity index is 417. The molecule has 0 unspecified atom stereocenters. The lowest BCUT2D eigenvalue weighted by atomic mass is 9.92. The van der Waals surface area contributed by atoms with Crippen LogP contribution >= 0.6 is 15.9 Å². The molecule has 0 amide bonds. The first-order valence-corrected chi connectivity index (χ1v) is 7.33. The van der Waals surface area contributed by atoms with Crippen LogP contribution in [0, 0.1) is 5.92 Å². The van der Waals surface area contributed by atoms with Gasteiger partial charge in [0.2, 0.25) is 0 Å².